The molecule has 0 aliphatic carbocycles. The summed E-state index contributed by atoms with van der Waals surface area (Å²) in [7, 11) is 0. The Balaban J connectivity index is 2.71. The zero-order valence-corrected chi connectivity index (χ0v) is 11.0. The fourth-order valence-electron chi connectivity index (χ4n) is 1.63. The van der Waals surface area contributed by atoms with Gasteiger partial charge in [-0.2, -0.15) is 0 Å². The summed E-state index contributed by atoms with van der Waals surface area (Å²) in [6.45, 7) is 5.07. The summed E-state index contributed by atoms with van der Waals surface area (Å²) in [5, 5.41) is 13.7. The third-order valence-corrected chi connectivity index (χ3v) is 2.52. The minimum Gasteiger partial charge on any atom is -0.480 e. The van der Waals surface area contributed by atoms with Crippen molar-refractivity contribution < 1.29 is 19.1 Å². The number of carboxylic acids is 1. The Morgan fingerprint density at radius 1 is 1.26 bits per heavy atom. The normalized spacial score (nSPS) is 12.1. The monoisotopic (exact) mass is 268 g/mol. The maximum absolute atomic E-state index is 13.1. The van der Waals surface area contributed by atoms with Crippen molar-refractivity contribution in [3.63, 3.8) is 0 Å². The summed E-state index contributed by atoms with van der Waals surface area (Å²) in [6, 6.07) is 2.42. The van der Waals surface area contributed by atoms with Gasteiger partial charge in [0.05, 0.1) is 0 Å². The van der Waals surface area contributed by atoms with Crippen molar-refractivity contribution in [2.75, 3.05) is 5.32 Å². The van der Waals surface area contributed by atoms with Crippen molar-refractivity contribution in [2.24, 2.45) is 5.92 Å². The number of nitrogens with one attached hydrogen (secondary N) is 2. The van der Waals surface area contributed by atoms with Gasteiger partial charge in [-0.1, -0.05) is 13.8 Å². The van der Waals surface area contributed by atoms with Crippen LogP contribution >= 0.6 is 0 Å². The van der Waals surface area contributed by atoms with E-state index in [-0.39, 0.29) is 11.6 Å². The van der Waals surface area contributed by atoms with E-state index in [2.05, 4.69) is 10.6 Å². The van der Waals surface area contributed by atoms with E-state index < -0.39 is 23.9 Å². The maximum atomic E-state index is 13.1. The number of hydrogen-bond donors (Lipinski definition) is 3. The molecule has 0 bridgehead atoms. The van der Waals surface area contributed by atoms with Crippen molar-refractivity contribution in [1.82, 2.24) is 5.32 Å². The van der Waals surface area contributed by atoms with E-state index in [4.69, 9.17) is 5.11 Å². The SMILES string of the molecule is Cc1cc(F)cc(NC(=O)N[C@H](C(=O)O)C(C)C)c1. The van der Waals surface area contributed by atoms with Gasteiger partial charge in [0.2, 0.25) is 0 Å². The van der Waals surface area contributed by atoms with Crippen molar-refractivity contribution in [3.05, 3.63) is 29.6 Å². The summed E-state index contributed by atoms with van der Waals surface area (Å²) in [6.07, 6.45) is 0. The first-order valence-electron chi connectivity index (χ1n) is 5.87. The lowest BCUT2D eigenvalue weighted by Gasteiger charge is -2.18. The van der Waals surface area contributed by atoms with Gasteiger partial charge < -0.3 is 15.7 Å². The van der Waals surface area contributed by atoms with Crippen LogP contribution in [0.5, 0.6) is 0 Å². The molecule has 0 saturated carbocycles. The van der Waals surface area contributed by atoms with Crippen LogP contribution in [0.4, 0.5) is 14.9 Å². The van der Waals surface area contributed by atoms with Crippen molar-refractivity contribution in [3.8, 4) is 0 Å². The van der Waals surface area contributed by atoms with Gasteiger partial charge in [-0.3, -0.25) is 0 Å². The number of aryl methyl sites for hydroxylation is 1. The second-order valence-electron chi connectivity index (χ2n) is 4.68. The number of urea groups is 1. The summed E-state index contributed by atoms with van der Waals surface area (Å²) in [5.74, 6) is -1.83. The van der Waals surface area contributed by atoms with E-state index in [0.29, 0.717) is 5.56 Å². The molecule has 0 aliphatic heterocycles. The molecule has 0 unspecified atom stereocenters. The average molecular weight is 268 g/mol. The van der Waals surface area contributed by atoms with Crippen LogP contribution in [0.1, 0.15) is 19.4 Å². The Morgan fingerprint density at radius 2 is 1.89 bits per heavy atom. The largest absolute Gasteiger partial charge is 0.480 e. The van der Waals surface area contributed by atoms with Gasteiger partial charge in [0, 0.05) is 5.69 Å². The van der Waals surface area contributed by atoms with Gasteiger partial charge >= 0.3 is 12.0 Å². The Kier molecular flexibility index (Phi) is 4.86. The minimum absolute atomic E-state index is 0.252. The van der Waals surface area contributed by atoms with Gasteiger partial charge in [-0.25, -0.2) is 14.0 Å². The molecule has 6 heteroatoms. The predicted octanol–water partition coefficient (Wildman–Crippen LogP) is 2.36. The quantitative estimate of drug-likeness (QED) is 0.784. The van der Waals surface area contributed by atoms with E-state index in [0.717, 1.165) is 6.07 Å². The van der Waals surface area contributed by atoms with Crippen molar-refractivity contribution in [2.45, 2.75) is 26.8 Å². The highest BCUT2D eigenvalue weighted by atomic mass is 19.1. The Labute approximate surface area is 110 Å². The molecule has 1 aromatic carbocycles. The number of benzene rings is 1. The molecule has 104 valence electrons. The molecule has 0 heterocycles. The maximum Gasteiger partial charge on any atom is 0.326 e. The highest BCUT2D eigenvalue weighted by Gasteiger charge is 2.23. The highest BCUT2D eigenvalue weighted by molar-refractivity contribution is 5.92. The number of aliphatic carboxylic acids is 1. The number of halogens is 1. The lowest BCUT2D eigenvalue weighted by Crippen LogP contribution is -2.46. The summed E-state index contributed by atoms with van der Waals surface area (Å²) in [4.78, 5) is 22.6. The zero-order chi connectivity index (χ0) is 14.6. The fourth-order valence-corrected chi connectivity index (χ4v) is 1.63. The average Bonchev–Trinajstić information content (AvgIpc) is 2.23. The van der Waals surface area contributed by atoms with Gasteiger partial charge in [0.1, 0.15) is 11.9 Å². The van der Waals surface area contributed by atoms with E-state index in [1.165, 1.54) is 6.07 Å². The minimum atomic E-state index is -1.11. The number of anilines is 1. The lowest BCUT2D eigenvalue weighted by molar-refractivity contribution is -0.140. The number of carbonyl (C=O) groups excluding carboxylic acids is 1. The second kappa shape index (κ2) is 6.17. The fraction of sp³-hybridized carbons (Fsp3) is 0.385. The molecule has 5 nitrogen and oxygen atoms in total. The first kappa shape index (κ1) is 14.9. The van der Waals surface area contributed by atoms with Crippen molar-refractivity contribution in [1.29, 1.82) is 0 Å². The standard InChI is InChI=1S/C13H17FN2O3/c1-7(2)11(12(17)18)16-13(19)15-10-5-8(3)4-9(14)6-10/h4-7,11H,1-3H3,(H,17,18)(H2,15,16,19)/t11-/m0/s1. The third-order valence-electron chi connectivity index (χ3n) is 2.52. The number of carbonyl (C=O) groups is 2. The topological polar surface area (TPSA) is 78.4 Å². The van der Waals surface area contributed by atoms with E-state index in [1.807, 2.05) is 0 Å². The molecule has 3 N–H and O–H groups in total. The van der Waals surface area contributed by atoms with Gasteiger partial charge in [0.15, 0.2) is 0 Å². The van der Waals surface area contributed by atoms with Crippen LogP contribution in [0.25, 0.3) is 0 Å². The molecule has 0 fully saturated rings. The smallest absolute Gasteiger partial charge is 0.326 e. The van der Waals surface area contributed by atoms with Crippen LogP contribution < -0.4 is 10.6 Å². The second-order valence-corrected chi connectivity index (χ2v) is 4.68. The molecule has 0 saturated heterocycles. The van der Waals surface area contributed by atoms with E-state index in [1.54, 1.807) is 26.8 Å². The van der Waals surface area contributed by atoms with Gasteiger partial charge in [-0.15, -0.1) is 0 Å². The lowest BCUT2D eigenvalue weighted by atomic mass is 10.1. The van der Waals surface area contributed by atoms with Crippen LogP contribution in [-0.4, -0.2) is 23.1 Å². The predicted molar refractivity (Wildman–Crippen MR) is 69.6 cm³/mol. The molecule has 1 atom stereocenters. The number of carboxylic acid groups (broad SMARTS) is 1. The van der Waals surface area contributed by atoms with Crippen LogP contribution in [0.15, 0.2) is 18.2 Å². The van der Waals surface area contributed by atoms with Crippen LogP contribution in [0.3, 0.4) is 0 Å². The summed E-state index contributed by atoms with van der Waals surface area (Å²) >= 11 is 0. The Hall–Kier alpha value is -2.11. The van der Waals surface area contributed by atoms with Crippen LogP contribution in [0, 0.1) is 18.7 Å². The molecule has 0 radical (unpaired) electrons. The molecule has 0 spiro atoms. The van der Waals surface area contributed by atoms with Crippen LogP contribution in [-0.2, 0) is 4.79 Å². The highest BCUT2D eigenvalue weighted by Crippen LogP contribution is 2.13. The molecule has 0 aromatic heterocycles. The van der Waals surface area contributed by atoms with Crippen molar-refractivity contribution >= 4 is 17.7 Å². The summed E-state index contributed by atoms with van der Waals surface area (Å²) < 4.78 is 13.1. The van der Waals surface area contributed by atoms with E-state index >= 15 is 0 Å². The Bertz CT molecular complexity index is 469. The first-order chi connectivity index (χ1) is 8.79. The molecule has 2 amide bonds. The molecular formula is C13H17FN2O3. The molecule has 19 heavy (non-hydrogen) atoms. The number of hydrogen-bond acceptors (Lipinski definition) is 2. The van der Waals surface area contributed by atoms with E-state index in [9.17, 15) is 14.0 Å². The first-order valence-corrected chi connectivity index (χ1v) is 5.87. The van der Waals surface area contributed by atoms with Crippen LogP contribution in [0.2, 0.25) is 0 Å². The molecular weight excluding hydrogens is 251 g/mol. The number of amides is 2. The molecule has 1 aromatic rings. The molecule has 1 rings (SSSR count). The Morgan fingerprint density at radius 3 is 2.37 bits per heavy atom. The number of rotatable bonds is 4. The summed E-state index contributed by atoms with van der Waals surface area (Å²) in [5.41, 5.74) is 0.942. The van der Waals surface area contributed by atoms with Gasteiger partial charge in [0.25, 0.3) is 0 Å². The third kappa shape index (κ3) is 4.57. The van der Waals surface area contributed by atoms with Gasteiger partial charge in [-0.05, 0) is 36.6 Å². The molecule has 0 aliphatic rings. The zero-order valence-electron chi connectivity index (χ0n) is 11.0.